The molecule has 3 aromatic heterocycles. The highest BCUT2D eigenvalue weighted by Crippen LogP contribution is 2.40. The highest BCUT2D eigenvalue weighted by molar-refractivity contribution is 5.92. The van der Waals surface area contributed by atoms with Crippen molar-refractivity contribution in [1.29, 1.82) is 0 Å². The van der Waals surface area contributed by atoms with Gasteiger partial charge in [-0.05, 0) is 36.4 Å². The Morgan fingerprint density at radius 3 is 2.28 bits per heavy atom. The number of hydrogen-bond acceptors (Lipinski definition) is 5. The molecule has 2 aromatic carbocycles. The minimum Gasteiger partial charge on any atom is -0.366 e. The molecule has 0 saturated carbocycles. The number of nitrogens with zero attached hydrogens (tertiary/aromatic N) is 4. The number of halogens is 4. The topological polar surface area (TPSA) is 98.7 Å². The molecule has 5 rings (SSSR count). The highest BCUT2D eigenvalue weighted by atomic mass is 19.4. The smallest absolute Gasteiger partial charge is 0.366 e. The van der Waals surface area contributed by atoms with Gasteiger partial charge in [0, 0.05) is 42.3 Å². The molecule has 1 amide bonds. The zero-order valence-corrected chi connectivity index (χ0v) is 20.4. The number of carbonyl (C=O) groups is 1. The van der Waals surface area contributed by atoms with Crippen LogP contribution in [0.15, 0.2) is 85.3 Å². The molecule has 0 unspecified atom stereocenters. The molecule has 0 spiro atoms. The standard InChI is InChI=1S/C28H20F4N6O/c1-38-10-9-23(37-38)19-12-24(21(29)13-20(19)28(30,31)32)36-25-11-18(22-8-7-17(14-34-22)27(33)39)15-35-26(25)16-5-3-2-4-6-16/h2-15,36H,1H3,(H2,33,39). The summed E-state index contributed by atoms with van der Waals surface area (Å²) in [6.07, 6.45) is -0.415. The molecule has 0 aliphatic carbocycles. The number of aryl methyl sites for hydroxylation is 1. The monoisotopic (exact) mass is 532 g/mol. The van der Waals surface area contributed by atoms with Gasteiger partial charge in [0.1, 0.15) is 5.82 Å². The molecule has 0 fully saturated rings. The van der Waals surface area contributed by atoms with Crippen LogP contribution in [0, 0.1) is 5.82 Å². The number of anilines is 2. The Morgan fingerprint density at radius 1 is 0.897 bits per heavy atom. The van der Waals surface area contributed by atoms with E-state index >= 15 is 4.39 Å². The van der Waals surface area contributed by atoms with Crippen LogP contribution in [0.1, 0.15) is 15.9 Å². The molecule has 3 N–H and O–H groups in total. The van der Waals surface area contributed by atoms with Crippen molar-refractivity contribution < 1.29 is 22.4 Å². The second kappa shape index (κ2) is 10.0. The minimum absolute atomic E-state index is 0.0433. The van der Waals surface area contributed by atoms with Crippen molar-refractivity contribution in [3.8, 4) is 33.8 Å². The Morgan fingerprint density at radius 2 is 1.67 bits per heavy atom. The average molecular weight is 533 g/mol. The second-order valence-corrected chi connectivity index (χ2v) is 8.66. The third kappa shape index (κ3) is 5.33. The fourth-order valence-corrected chi connectivity index (χ4v) is 4.06. The summed E-state index contributed by atoms with van der Waals surface area (Å²) in [5.41, 5.74) is 6.37. The highest BCUT2D eigenvalue weighted by Gasteiger charge is 2.35. The zero-order chi connectivity index (χ0) is 27.7. The van der Waals surface area contributed by atoms with Gasteiger partial charge in [0.2, 0.25) is 5.91 Å². The number of carbonyl (C=O) groups excluding carboxylic acids is 1. The second-order valence-electron chi connectivity index (χ2n) is 8.66. The maximum atomic E-state index is 15.2. The molecule has 196 valence electrons. The van der Waals surface area contributed by atoms with Gasteiger partial charge >= 0.3 is 6.18 Å². The van der Waals surface area contributed by atoms with Crippen LogP contribution in [0.2, 0.25) is 0 Å². The first-order valence-corrected chi connectivity index (χ1v) is 11.6. The van der Waals surface area contributed by atoms with Crippen LogP contribution >= 0.6 is 0 Å². The van der Waals surface area contributed by atoms with Gasteiger partial charge in [-0.1, -0.05) is 30.3 Å². The van der Waals surface area contributed by atoms with Crippen LogP contribution in [0.5, 0.6) is 0 Å². The molecule has 5 aromatic rings. The lowest BCUT2D eigenvalue weighted by molar-refractivity contribution is -0.137. The average Bonchev–Trinajstić information content (AvgIpc) is 3.35. The lowest BCUT2D eigenvalue weighted by atomic mass is 10.0. The van der Waals surface area contributed by atoms with Gasteiger partial charge in [-0.3, -0.25) is 19.4 Å². The maximum absolute atomic E-state index is 15.2. The molecule has 0 aliphatic heterocycles. The summed E-state index contributed by atoms with van der Waals surface area (Å²) in [5, 5.41) is 7.02. The van der Waals surface area contributed by atoms with E-state index in [0.29, 0.717) is 34.3 Å². The SMILES string of the molecule is Cn1ccc(-c2cc(Nc3cc(-c4ccc(C(N)=O)cn4)cnc3-c3ccccc3)c(F)cc2C(F)(F)F)n1. The van der Waals surface area contributed by atoms with E-state index in [2.05, 4.69) is 20.4 Å². The van der Waals surface area contributed by atoms with E-state index in [1.165, 1.54) is 29.2 Å². The lowest BCUT2D eigenvalue weighted by Gasteiger charge is -2.17. The van der Waals surface area contributed by atoms with Crippen molar-refractivity contribution in [1.82, 2.24) is 19.7 Å². The number of pyridine rings is 2. The lowest BCUT2D eigenvalue weighted by Crippen LogP contribution is -2.11. The third-order valence-electron chi connectivity index (χ3n) is 5.95. The number of primary amides is 1. The number of aromatic nitrogens is 4. The maximum Gasteiger partial charge on any atom is 0.417 e. The molecule has 39 heavy (non-hydrogen) atoms. The van der Waals surface area contributed by atoms with Crippen molar-refractivity contribution in [2.75, 3.05) is 5.32 Å². The number of amides is 1. The van der Waals surface area contributed by atoms with Gasteiger partial charge in [-0.15, -0.1) is 0 Å². The number of alkyl halides is 3. The summed E-state index contributed by atoms with van der Waals surface area (Å²) < 4.78 is 58.0. The van der Waals surface area contributed by atoms with Crippen LogP contribution in [-0.2, 0) is 13.2 Å². The van der Waals surface area contributed by atoms with Crippen LogP contribution in [0.25, 0.3) is 33.8 Å². The van der Waals surface area contributed by atoms with Gasteiger partial charge in [-0.25, -0.2) is 4.39 Å². The van der Waals surface area contributed by atoms with Crippen LogP contribution < -0.4 is 11.1 Å². The summed E-state index contributed by atoms with van der Waals surface area (Å²) in [6, 6.07) is 16.7. The molecule has 0 bridgehead atoms. The molecule has 0 aliphatic rings. The van der Waals surface area contributed by atoms with E-state index in [1.54, 1.807) is 49.6 Å². The summed E-state index contributed by atoms with van der Waals surface area (Å²) in [4.78, 5) is 20.2. The van der Waals surface area contributed by atoms with E-state index in [-0.39, 0.29) is 22.5 Å². The number of rotatable bonds is 6. The molecule has 11 heteroatoms. The summed E-state index contributed by atoms with van der Waals surface area (Å²) in [5.74, 6) is -1.73. The van der Waals surface area contributed by atoms with Gasteiger partial charge in [0.15, 0.2) is 0 Å². The summed E-state index contributed by atoms with van der Waals surface area (Å²) in [6.45, 7) is 0. The van der Waals surface area contributed by atoms with E-state index < -0.39 is 23.5 Å². The quantitative estimate of drug-likeness (QED) is 0.253. The zero-order valence-electron chi connectivity index (χ0n) is 20.4. The number of nitrogens with two attached hydrogens (primary N) is 1. The van der Waals surface area contributed by atoms with Gasteiger partial charge < -0.3 is 11.1 Å². The molecule has 3 heterocycles. The minimum atomic E-state index is -4.80. The van der Waals surface area contributed by atoms with Crippen LogP contribution in [0.4, 0.5) is 28.9 Å². The fourth-order valence-electron chi connectivity index (χ4n) is 4.06. The molecular formula is C28H20F4N6O. The van der Waals surface area contributed by atoms with Crippen molar-refractivity contribution in [3.63, 3.8) is 0 Å². The summed E-state index contributed by atoms with van der Waals surface area (Å²) >= 11 is 0. The Labute approximate surface area is 220 Å². The van der Waals surface area contributed by atoms with E-state index in [4.69, 9.17) is 5.73 Å². The van der Waals surface area contributed by atoms with Crippen molar-refractivity contribution in [3.05, 3.63) is 102 Å². The van der Waals surface area contributed by atoms with E-state index in [9.17, 15) is 18.0 Å². The van der Waals surface area contributed by atoms with E-state index in [1.807, 2.05) is 6.07 Å². The van der Waals surface area contributed by atoms with Crippen LogP contribution in [-0.4, -0.2) is 25.7 Å². The largest absolute Gasteiger partial charge is 0.417 e. The molecular weight excluding hydrogens is 512 g/mol. The predicted octanol–water partition coefficient (Wildman–Crippen LogP) is 6.21. The normalized spacial score (nSPS) is 11.4. The van der Waals surface area contributed by atoms with E-state index in [0.717, 1.165) is 6.07 Å². The Hall–Kier alpha value is -5.06. The number of nitrogens with one attached hydrogen (secondary N) is 1. The van der Waals surface area contributed by atoms with Crippen molar-refractivity contribution in [2.45, 2.75) is 6.18 Å². The third-order valence-corrected chi connectivity index (χ3v) is 5.95. The van der Waals surface area contributed by atoms with Crippen molar-refractivity contribution in [2.24, 2.45) is 12.8 Å². The van der Waals surface area contributed by atoms with Gasteiger partial charge in [0.25, 0.3) is 0 Å². The first-order chi connectivity index (χ1) is 18.6. The van der Waals surface area contributed by atoms with Crippen molar-refractivity contribution >= 4 is 17.3 Å². The Bertz CT molecular complexity index is 1660. The summed E-state index contributed by atoms with van der Waals surface area (Å²) in [7, 11) is 1.58. The van der Waals surface area contributed by atoms with Gasteiger partial charge in [-0.2, -0.15) is 18.3 Å². The number of hydrogen-bond donors (Lipinski definition) is 2. The number of benzene rings is 2. The van der Waals surface area contributed by atoms with Gasteiger partial charge in [0.05, 0.1) is 39.6 Å². The van der Waals surface area contributed by atoms with Crippen LogP contribution in [0.3, 0.4) is 0 Å². The Balaban J connectivity index is 1.64. The predicted molar refractivity (Wildman–Crippen MR) is 138 cm³/mol. The molecule has 7 nitrogen and oxygen atoms in total. The Kier molecular flexibility index (Phi) is 6.57. The molecule has 0 saturated heterocycles. The molecule has 0 atom stereocenters. The fraction of sp³-hybridized carbons (Fsp3) is 0.0714. The molecule has 0 radical (unpaired) electrons. The first kappa shape index (κ1) is 25.6. The first-order valence-electron chi connectivity index (χ1n) is 11.6.